The summed E-state index contributed by atoms with van der Waals surface area (Å²) in [5.74, 6) is 0.931. The summed E-state index contributed by atoms with van der Waals surface area (Å²) in [5.41, 5.74) is 2.58. The van der Waals surface area contributed by atoms with E-state index in [0.29, 0.717) is 27.7 Å². The summed E-state index contributed by atoms with van der Waals surface area (Å²) in [6.07, 6.45) is 8.58. The molecule has 2 aromatic carbocycles. The van der Waals surface area contributed by atoms with E-state index in [9.17, 15) is 4.79 Å². The Kier molecular flexibility index (Phi) is 5.27. The molecule has 0 fully saturated rings. The summed E-state index contributed by atoms with van der Waals surface area (Å²) in [4.78, 5) is 20.5. The highest BCUT2D eigenvalue weighted by atomic mass is 35.5. The van der Waals surface area contributed by atoms with E-state index in [-0.39, 0.29) is 5.78 Å². The van der Waals surface area contributed by atoms with Gasteiger partial charge in [0.2, 0.25) is 0 Å². The first-order chi connectivity index (χ1) is 14.1. The first-order valence-electron chi connectivity index (χ1n) is 8.85. The molecule has 0 spiro atoms. The molecule has 4 rings (SSSR count). The summed E-state index contributed by atoms with van der Waals surface area (Å²) in [7, 11) is 1.57. The molecule has 1 N–H and O–H groups in total. The van der Waals surface area contributed by atoms with Gasteiger partial charge < -0.3 is 9.72 Å². The van der Waals surface area contributed by atoms with Crippen LogP contribution in [0.4, 0.5) is 0 Å². The SMILES string of the molecule is COc1cccc(C(=O)/C(=C/c2cnn(-c3ccc(Cl)cc3)c2)c2ncc[nH]2)c1. The van der Waals surface area contributed by atoms with Crippen LogP contribution in [0.5, 0.6) is 5.75 Å². The van der Waals surface area contributed by atoms with Crippen molar-refractivity contribution in [1.29, 1.82) is 0 Å². The average molecular weight is 405 g/mol. The molecule has 0 bridgehead atoms. The third-order valence-electron chi connectivity index (χ3n) is 4.33. The highest BCUT2D eigenvalue weighted by Gasteiger charge is 2.17. The van der Waals surface area contributed by atoms with Crippen LogP contribution in [-0.4, -0.2) is 32.6 Å². The van der Waals surface area contributed by atoms with Gasteiger partial charge in [0.25, 0.3) is 0 Å². The summed E-state index contributed by atoms with van der Waals surface area (Å²) < 4.78 is 6.96. The predicted octanol–water partition coefficient (Wildman–Crippen LogP) is 4.68. The van der Waals surface area contributed by atoms with E-state index >= 15 is 0 Å². The van der Waals surface area contributed by atoms with Crippen LogP contribution in [0.3, 0.4) is 0 Å². The number of hydrogen-bond donors (Lipinski definition) is 1. The number of Topliss-reactive ketones (excluding diaryl/α,β-unsaturated/α-hetero) is 1. The van der Waals surface area contributed by atoms with Gasteiger partial charge >= 0.3 is 0 Å². The third-order valence-corrected chi connectivity index (χ3v) is 4.59. The van der Waals surface area contributed by atoms with E-state index < -0.39 is 0 Å². The van der Waals surface area contributed by atoms with E-state index in [1.807, 2.05) is 18.3 Å². The first-order valence-corrected chi connectivity index (χ1v) is 9.22. The minimum Gasteiger partial charge on any atom is -0.497 e. The normalized spacial score (nSPS) is 11.4. The second kappa shape index (κ2) is 8.16. The molecule has 29 heavy (non-hydrogen) atoms. The number of rotatable bonds is 6. The van der Waals surface area contributed by atoms with Gasteiger partial charge in [-0.05, 0) is 42.5 Å². The number of imidazole rings is 1. The van der Waals surface area contributed by atoms with Gasteiger partial charge in [0, 0.05) is 34.7 Å². The van der Waals surface area contributed by atoms with Gasteiger partial charge in [0.1, 0.15) is 11.6 Å². The Morgan fingerprint density at radius 3 is 2.76 bits per heavy atom. The molecule has 4 aromatic rings. The molecule has 0 unspecified atom stereocenters. The monoisotopic (exact) mass is 404 g/mol. The number of methoxy groups -OCH3 is 1. The van der Waals surface area contributed by atoms with Crippen LogP contribution in [0.15, 0.2) is 73.3 Å². The number of allylic oxidation sites excluding steroid dienone is 1. The molecule has 0 atom stereocenters. The van der Waals surface area contributed by atoms with E-state index in [4.69, 9.17) is 16.3 Å². The van der Waals surface area contributed by atoms with Crippen LogP contribution in [-0.2, 0) is 0 Å². The maximum absolute atomic E-state index is 13.2. The van der Waals surface area contributed by atoms with E-state index in [1.54, 1.807) is 72.9 Å². The number of benzene rings is 2. The molecule has 2 aromatic heterocycles. The topological polar surface area (TPSA) is 72.8 Å². The Labute approximate surface area is 172 Å². The Balaban J connectivity index is 1.72. The molecular weight excluding hydrogens is 388 g/mol. The standard InChI is InChI=1S/C22H17ClN4O2/c1-29-19-4-2-3-16(12-19)21(28)20(22-24-9-10-25-22)11-15-13-26-27(14-15)18-7-5-17(23)6-8-18/h2-14H,1H3,(H,24,25)/b20-11-. The molecule has 0 aliphatic heterocycles. The zero-order valence-electron chi connectivity index (χ0n) is 15.5. The Morgan fingerprint density at radius 2 is 2.03 bits per heavy atom. The van der Waals surface area contributed by atoms with Crippen molar-refractivity contribution in [2.75, 3.05) is 7.11 Å². The minimum atomic E-state index is -0.168. The predicted molar refractivity (Wildman–Crippen MR) is 112 cm³/mol. The summed E-state index contributed by atoms with van der Waals surface area (Å²) in [6, 6.07) is 14.4. The van der Waals surface area contributed by atoms with Crippen LogP contribution in [0.2, 0.25) is 5.02 Å². The molecule has 0 amide bonds. The number of ether oxygens (including phenoxy) is 1. The fourth-order valence-electron chi connectivity index (χ4n) is 2.89. The lowest BCUT2D eigenvalue weighted by Crippen LogP contribution is -2.04. The van der Waals surface area contributed by atoms with Crippen LogP contribution in [0.1, 0.15) is 21.7 Å². The number of nitrogens with zero attached hydrogens (tertiary/aromatic N) is 3. The van der Waals surface area contributed by atoms with E-state index in [1.165, 1.54) is 0 Å². The number of hydrogen-bond acceptors (Lipinski definition) is 4. The molecule has 0 aliphatic carbocycles. The number of carbonyl (C=O) groups excluding carboxylic acids is 1. The summed E-state index contributed by atoms with van der Waals surface area (Å²) in [6.45, 7) is 0. The number of halogens is 1. The number of nitrogens with one attached hydrogen (secondary N) is 1. The molecular formula is C22H17ClN4O2. The molecule has 0 aliphatic rings. The smallest absolute Gasteiger partial charge is 0.196 e. The number of H-pyrrole nitrogens is 1. The zero-order valence-corrected chi connectivity index (χ0v) is 16.3. The number of ketones is 1. The van der Waals surface area contributed by atoms with Gasteiger partial charge in [0.15, 0.2) is 5.78 Å². The third kappa shape index (κ3) is 4.12. The van der Waals surface area contributed by atoms with Gasteiger partial charge in [-0.25, -0.2) is 9.67 Å². The van der Waals surface area contributed by atoms with Crippen molar-refractivity contribution in [2.24, 2.45) is 0 Å². The summed E-state index contributed by atoms with van der Waals surface area (Å²) in [5, 5.41) is 5.03. The minimum absolute atomic E-state index is 0.168. The van der Waals surface area contributed by atoms with Crippen molar-refractivity contribution in [3.63, 3.8) is 0 Å². The van der Waals surface area contributed by atoms with Crippen molar-refractivity contribution >= 4 is 29.0 Å². The van der Waals surface area contributed by atoms with Gasteiger partial charge in [-0.1, -0.05) is 23.7 Å². The second-order valence-electron chi connectivity index (χ2n) is 6.25. The highest BCUT2D eigenvalue weighted by molar-refractivity contribution is 6.31. The number of aromatic nitrogens is 4. The average Bonchev–Trinajstić information content (AvgIpc) is 3.44. The molecule has 7 heteroatoms. The molecule has 6 nitrogen and oxygen atoms in total. The van der Waals surface area contributed by atoms with Gasteiger partial charge in [-0.15, -0.1) is 0 Å². The van der Waals surface area contributed by atoms with Crippen molar-refractivity contribution in [3.8, 4) is 11.4 Å². The maximum Gasteiger partial charge on any atom is 0.196 e. The fourth-order valence-corrected chi connectivity index (χ4v) is 3.01. The molecule has 0 saturated carbocycles. The van der Waals surface area contributed by atoms with E-state index in [2.05, 4.69) is 15.1 Å². The Bertz CT molecular complexity index is 1160. The first kappa shape index (κ1) is 18.7. The van der Waals surface area contributed by atoms with Crippen molar-refractivity contribution in [3.05, 3.63) is 95.3 Å². The van der Waals surface area contributed by atoms with Crippen LogP contribution in [0, 0.1) is 0 Å². The zero-order chi connectivity index (χ0) is 20.2. The van der Waals surface area contributed by atoms with Crippen molar-refractivity contribution < 1.29 is 9.53 Å². The largest absolute Gasteiger partial charge is 0.497 e. The van der Waals surface area contributed by atoms with Gasteiger partial charge in [-0.2, -0.15) is 5.10 Å². The number of carbonyl (C=O) groups is 1. The van der Waals surface area contributed by atoms with Crippen LogP contribution >= 0.6 is 11.6 Å². The molecule has 0 saturated heterocycles. The van der Waals surface area contributed by atoms with Crippen molar-refractivity contribution in [1.82, 2.24) is 19.7 Å². The number of aromatic amines is 1. The highest BCUT2D eigenvalue weighted by Crippen LogP contribution is 2.23. The lowest BCUT2D eigenvalue weighted by molar-refractivity contribution is 0.105. The van der Waals surface area contributed by atoms with E-state index in [0.717, 1.165) is 11.3 Å². The Morgan fingerprint density at radius 1 is 1.21 bits per heavy atom. The lowest BCUT2D eigenvalue weighted by atomic mass is 10.0. The maximum atomic E-state index is 13.2. The van der Waals surface area contributed by atoms with Gasteiger partial charge in [-0.3, -0.25) is 4.79 Å². The van der Waals surface area contributed by atoms with Gasteiger partial charge in [0.05, 0.1) is 24.6 Å². The lowest BCUT2D eigenvalue weighted by Gasteiger charge is -2.06. The van der Waals surface area contributed by atoms with Crippen LogP contribution < -0.4 is 4.74 Å². The second-order valence-corrected chi connectivity index (χ2v) is 6.69. The molecule has 144 valence electrons. The molecule has 2 heterocycles. The quantitative estimate of drug-likeness (QED) is 0.374. The fraction of sp³-hybridized carbons (Fsp3) is 0.0455. The van der Waals surface area contributed by atoms with Crippen LogP contribution in [0.25, 0.3) is 17.3 Å². The molecule has 0 radical (unpaired) electrons. The summed E-state index contributed by atoms with van der Waals surface area (Å²) >= 11 is 5.95. The van der Waals surface area contributed by atoms with Crippen molar-refractivity contribution in [2.45, 2.75) is 0 Å². The Hall–Kier alpha value is -3.64.